The standard InChI is InChI=1S/C17H23BrN4O/c1-19-17(22(3)12-15-6-5-9-21(15)2)20-11-13-10-14(18)7-8-16(13)23-4/h5-10H,11-12H2,1-4H3,(H,19,20). The summed E-state index contributed by atoms with van der Waals surface area (Å²) in [5, 5.41) is 3.39. The minimum absolute atomic E-state index is 0.646. The molecule has 0 atom stereocenters. The fourth-order valence-corrected chi connectivity index (χ4v) is 2.83. The van der Waals surface area contributed by atoms with Crippen LogP contribution in [0.3, 0.4) is 0 Å². The van der Waals surface area contributed by atoms with E-state index in [0.29, 0.717) is 6.54 Å². The van der Waals surface area contributed by atoms with Gasteiger partial charge in [0.1, 0.15) is 5.75 Å². The summed E-state index contributed by atoms with van der Waals surface area (Å²) in [5.74, 6) is 1.70. The maximum atomic E-state index is 5.41. The van der Waals surface area contributed by atoms with E-state index in [0.717, 1.165) is 28.3 Å². The fraction of sp³-hybridized carbons (Fsp3) is 0.353. The highest BCUT2D eigenvalue weighted by molar-refractivity contribution is 9.10. The molecular formula is C17H23BrN4O. The number of ether oxygens (including phenoxy) is 1. The van der Waals surface area contributed by atoms with Gasteiger partial charge in [-0.05, 0) is 30.3 Å². The monoisotopic (exact) mass is 378 g/mol. The van der Waals surface area contributed by atoms with Gasteiger partial charge in [0.15, 0.2) is 5.96 Å². The molecule has 0 aliphatic carbocycles. The number of nitrogens with zero attached hydrogens (tertiary/aromatic N) is 3. The SMILES string of the molecule is CN=C(NCc1cc(Br)ccc1OC)N(C)Cc1cccn1C. The molecule has 1 aromatic heterocycles. The molecule has 0 unspecified atom stereocenters. The molecular weight excluding hydrogens is 356 g/mol. The molecule has 0 fully saturated rings. The van der Waals surface area contributed by atoms with Crippen LogP contribution < -0.4 is 10.1 Å². The zero-order chi connectivity index (χ0) is 16.8. The highest BCUT2D eigenvalue weighted by Gasteiger charge is 2.10. The first kappa shape index (κ1) is 17.4. The quantitative estimate of drug-likeness (QED) is 0.642. The Hall–Kier alpha value is -1.95. The Bertz CT molecular complexity index is 681. The molecule has 0 amide bonds. The van der Waals surface area contributed by atoms with E-state index < -0.39 is 0 Å². The summed E-state index contributed by atoms with van der Waals surface area (Å²) >= 11 is 3.50. The lowest BCUT2D eigenvalue weighted by molar-refractivity contribution is 0.407. The lowest BCUT2D eigenvalue weighted by atomic mass is 10.2. The minimum Gasteiger partial charge on any atom is -0.496 e. The molecule has 5 nitrogen and oxygen atoms in total. The van der Waals surface area contributed by atoms with Crippen LogP contribution in [0.5, 0.6) is 5.75 Å². The van der Waals surface area contributed by atoms with Gasteiger partial charge in [0.2, 0.25) is 0 Å². The second-order valence-electron chi connectivity index (χ2n) is 5.32. The molecule has 1 heterocycles. The molecule has 0 saturated carbocycles. The maximum Gasteiger partial charge on any atom is 0.194 e. The van der Waals surface area contributed by atoms with Crippen molar-refractivity contribution >= 4 is 21.9 Å². The van der Waals surface area contributed by atoms with Gasteiger partial charge >= 0.3 is 0 Å². The number of halogens is 1. The highest BCUT2D eigenvalue weighted by Crippen LogP contribution is 2.22. The van der Waals surface area contributed by atoms with Crippen LogP contribution >= 0.6 is 15.9 Å². The third-order valence-corrected chi connectivity index (χ3v) is 4.20. The van der Waals surface area contributed by atoms with Gasteiger partial charge in [-0.3, -0.25) is 4.99 Å². The predicted molar refractivity (Wildman–Crippen MR) is 97.8 cm³/mol. The molecule has 0 saturated heterocycles. The van der Waals surface area contributed by atoms with Crippen LogP contribution in [-0.4, -0.2) is 36.6 Å². The average Bonchev–Trinajstić information content (AvgIpc) is 2.93. The summed E-state index contributed by atoms with van der Waals surface area (Å²) < 4.78 is 8.55. The maximum absolute atomic E-state index is 5.41. The third-order valence-electron chi connectivity index (χ3n) is 3.70. The number of nitrogens with one attached hydrogen (secondary N) is 1. The van der Waals surface area contributed by atoms with Crippen molar-refractivity contribution in [3.8, 4) is 5.75 Å². The average molecular weight is 379 g/mol. The van der Waals surface area contributed by atoms with Gasteiger partial charge in [0.05, 0.1) is 13.7 Å². The molecule has 0 aliphatic heterocycles. The first-order valence-electron chi connectivity index (χ1n) is 7.39. The number of methoxy groups -OCH3 is 1. The van der Waals surface area contributed by atoms with Crippen molar-refractivity contribution in [1.29, 1.82) is 0 Å². The number of hydrogen-bond donors (Lipinski definition) is 1. The number of benzene rings is 1. The van der Waals surface area contributed by atoms with Crippen molar-refractivity contribution < 1.29 is 4.74 Å². The molecule has 1 N–H and O–H groups in total. The van der Waals surface area contributed by atoms with Gasteiger partial charge in [0.25, 0.3) is 0 Å². The normalized spacial score (nSPS) is 11.4. The molecule has 0 spiro atoms. The van der Waals surface area contributed by atoms with Gasteiger partial charge in [-0.1, -0.05) is 15.9 Å². The summed E-state index contributed by atoms with van der Waals surface area (Å²) in [4.78, 5) is 6.46. The molecule has 2 aromatic rings. The van der Waals surface area contributed by atoms with E-state index in [-0.39, 0.29) is 0 Å². The lowest BCUT2D eigenvalue weighted by Crippen LogP contribution is -2.38. The van der Waals surface area contributed by atoms with Crippen LogP contribution in [-0.2, 0) is 20.1 Å². The molecule has 0 aliphatic rings. The van der Waals surface area contributed by atoms with Crippen LogP contribution in [0.1, 0.15) is 11.3 Å². The second-order valence-corrected chi connectivity index (χ2v) is 6.24. The lowest BCUT2D eigenvalue weighted by Gasteiger charge is -2.23. The van der Waals surface area contributed by atoms with Crippen LogP contribution in [0.2, 0.25) is 0 Å². The number of rotatable bonds is 5. The summed E-state index contributed by atoms with van der Waals surface area (Å²) in [5.41, 5.74) is 2.31. The molecule has 124 valence electrons. The van der Waals surface area contributed by atoms with Crippen molar-refractivity contribution in [2.24, 2.45) is 12.0 Å². The predicted octanol–water partition coefficient (Wildman–Crippen LogP) is 3.00. The molecule has 2 rings (SSSR count). The van der Waals surface area contributed by atoms with Gasteiger partial charge in [-0.25, -0.2) is 0 Å². The largest absolute Gasteiger partial charge is 0.496 e. The fourth-order valence-electron chi connectivity index (χ4n) is 2.42. The Balaban J connectivity index is 2.03. The van der Waals surface area contributed by atoms with Crippen molar-refractivity contribution in [3.63, 3.8) is 0 Å². The van der Waals surface area contributed by atoms with Crippen molar-refractivity contribution in [3.05, 3.63) is 52.3 Å². The Kier molecular flexibility index (Phi) is 6.10. The molecule has 23 heavy (non-hydrogen) atoms. The highest BCUT2D eigenvalue weighted by atomic mass is 79.9. The van der Waals surface area contributed by atoms with Crippen LogP contribution in [0.25, 0.3) is 0 Å². The van der Waals surface area contributed by atoms with E-state index >= 15 is 0 Å². The summed E-state index contributed by atoms with van der Waals surface area (Å²) in [7, 11) is 7.55. The summed E-state index contributed by atoms with van der Waals surface area (Å²) in [6.45, 7) is 1.44. The zero-order valence-electron chi connectivity index (χ0n) is 14.0. The first-order chi connectivity index (χ1) is 11.0. The minimum atomic E-state index is 0.646. The van der Waals surface area contributed by atoms with Crippen LogP contribution in [0, 0.1) is 0 Å². The summed E-state index contributed by atoms with van der Waals surface area (Å²) in [6, 6.07) is 10.1. The van der Waals surface area contributed by atoms with Crippen LogP contribution in [0.15, 0.2) is 46.0 Å². The van der Waals surface area contributed by atoms with E-state index in [9.17, 15) is 0 Å². The number of hydrogen-bond acceptors (Lipinski definition) is 2. The van der Waals surface area contributed by atoms with Gasteiger partial charge < -0.3 is 19.5 Å². The Morgan fingerprint density at radius 3 is 2.78 bits per heavy atom. The first-order valence-corrected chi connectivity index (χ1v) is 8.19. The third kappa shape index (κ3) is 4.51. The van der Waals surface area contributed by atoms with E-state index in [1.54, 1.807) is 14.2 Å². The van der Waals surface area contributed by atoms with E-state index in [1.807, 2.05) is 38.5 Å². The van der Waals surface area contributed by atoms with E-state index in [1.165, 1.54) is 5.69 Å². The van der Waals surface area contributed by atoms with Crippen molar-refractivity contribution in [1.82, 2.24) is 14.8 Å². The smallest absolute Gasteiger partial charge is 0.194 e. The number of aromatic nitrogens is 1. The van der Waals surface area contributed by atoms with E-state index in [4.69, 9.17) is 4.74 Å². The van der Waals surface area contributed by atoms with Gasteiger partial charge in [0, 0.05) is 49.6 Å². The molecule has 0 bridgehead atoms. The number of aliphatic imine (C=N–C) groups is 1. The van der Waals surface area contributed by atoms with Crippen molar-refractivity contribution in [2.75, 3.05) is 21.2 Å². The zero-order valence-corrected chi connectivity index (χ0v) is 15.6. The van der Waals surface area contributed by atoms with Crippen LogP contribution in [0.4, 0.5) is 0 Å². The van der Waals surface area contributed by atoms with Gasteiger partial charge in [-0.2, -0.15) is 0 Å². The second kappa shape index (κ2) is 8.06. The Morgan fingerprint density at radius 2 is 2.17 bits per heavy atom. The molecule has 6 heteroatoms. The Morgan fingerprint density at radius 1 is 1.39 bits per heavy atom. The van der Waals surface area contributed by atoms with Crippen molar-refractivity contribution in [2.45, 2.75) is 13.1 Å². The van der Waals surface area contributed by atoms with E-state index in [2.05, 4.69) is 47.8 Å². The Labute approximate surface area is 146 Å². The molecule has 1 aromatic carbocycles. The number of aryl methyl sites for hydroxylation is 1. The number of guanidine groups is 1. The topological polar surface area (TPSA) is 41.8 Å². The molecule has 0 radical (unpaired) electrons. The summed E-state index contributed by atoms with van der Waals surface area (Å²) in [6.07, 6.45) is 2.05. The van der Waals surface area contributed by atoms with Gasteiger partial charge in [-0.15, -0.1) is 0 Å².